The van der Waals surface area contributed by atoms with E-state index >= 15 is 0 Å². The van der Waals surface area contributed by atoms with E-state index in [0.717, 1.165) is 17.5 Å². The zero-order valence-electron chi connectivity index (χ0n) is 20.4. The van der Waals surface area contributed by atoms with Gasteiger partial charge in [-0.05, 0) is 54.6 Å². The van der Waals surface area contributed by atoms with E-state index in [-0.39, 0.29) is 43.5 Å². The van der Waals surface area contributed by atoms with Crippen LogP contribution in [0.1, 0.15) is 22.0 Å². The molecule has 36 heavy (non-hydrogen) atoms. The number of halogens is 1. The molecule has 1 aliphatic rings. The van der Waals surface area contributed by atoms with E-state index < -0.39 is 0 Å². The van der Waals surface area contributed by atoms with Crippen LogP contribution in [-0.4, -0.2) is 61.7 Å². The van der Waals surface area contributed by atoms with E-state index in [4.69, 9.17) is 9.47 Å². The smallest absolute Gasteiger partial charge is 0.322 e. The molecule has 0 saturated heterocycles. The van der Waals surface area contributed by atoms with Crippen molar-refractivity contribution in [3.05, 3.63) is 81.8 Å². The van der Waals surface area contributed by atoms with E-state index in [0.29, 0.717) is 24.6 Å². The van der Waals surface area contributed by atoms with Gasteiger partial charge in [0, 0.05) is 36.8 Å². The van der Waals surface area contributed by atoms with Gasteiger partial charge in [0.15, 0.2) is 0 Å². The van der Waals surface area contributed by atoms with Crippen molar-refractivity contribution in [2.75, 3.05) is 45.3 Å². The molecule has 0 spiro atoms. The zero-order valence-corrected chi connectivity index (χ0v) is 21.2. The first-order chi connectivity index (χ1) is 17.4. The number of benzene rings is 2. The third kappa shape index (κ3) is 6.41. The summed E-state index contributed by atoms with van der Waals surface area (Å²) < 4.78 is 24.7. The molecular formula is C27H30FN3O4S. The zero-order chi connectivity index (χ0) is 25.5. The van der Waals surface area contributed by atoms with E-state index in [9.17, 15) is 14.0 Å². The van der Waals surface area contributed by atoms with E-state index in [1.165, 1.54) is 21.9 Å². The van der Waals surface area contributed by atoms with Crippen molar-refractivity contribution in [1.29, 1.82) is 0 Å². The highest BCUT2D eigenvalue weighted by Gasteiger charge is 2.33. The first-order valence-electron chi connectivity index (χ1n) is 11.8. The van der Waals surface area contributed by atoms with E-state index in [1.54, 1.807) is 35.5 Å². The number of nitrogens with one attached hydrogen (secondary N) is 1. The van der Waals surface area contributed by atoms with Gasteiger partial charge in [-0.2, -0.15) is 0 Å². The summed E-state index contributed by atoms with van der Waals surface area (Å²) in [5, 5.41) is 4.87. The number of hydrogen-bond donors (Lipinski definition) is 1. The second kappa shape index (κ2) is 12.0. The van der Waals surface area contributed by atoms with Crippen LogP contribution >= 0.6 is 11.3 Å². The van der Waals surface area contributed by atoms with Crippen LogP contribution in [0.15, 0.2) is 60.0 Å². The lowest BCUT2D eigenvalue weighted by Crippen LogP contribution is -2.49. The van der Waals surface area contributed by atoms with Gasteiger partial charge < -0.3 is 24.6 Å². The Morgan fingerprint density at radius 2 is 2.00 bits per heavy atom. The molecule has 2 heterocycles. The van der Waals surface area contributed by atoms with Gasteiger partial charge in [0.25, 0.3) is 0 Å². The van der Waals surface area contributed by atoms with Gasteiger partial charge in [-0.3, -0.25) is 4.79 Å². The summed E-state index contributed by atoms with van der Waals surface area (Å²) >= 11 is 1.65. The van der Waals surface area contributed by atoms with Crippen molar-refractivity contribution in [3.8, 4) is 5.75 Å². The van der Waals surface area contributed by atoms with Crippen molar-refractivity contribution >= 4 is 29.0 Å². The lowest BCUT2D eigenvalue weighted by atomic mass is 10.0. The second-order valence-electron chi connectivity index (χ2n) is 8.63. The standard InChI is InChI=1S/C27H30FN3O4S/c1-19-6-8-21(9-7-19)29-27(33)30(13-14-34-2)17-26(32)31-12-10-25-23(11-15-36-25)24(31)18-35-22-5-3-4-20(28)16-22/h3-9,11,15-16,24H,10,12-14,17-18H2,1-2H3,(H,29,33). The predicted octanol–water partition coefficient (Wildman–Crippen LogP) is 4.88. The van der Waals surface area contributed by atoms with Crippen molar-refractivity contribution in [2.45, 2.75) is 19.4 Å². The number of amides is 3. The minimum absolute atomic E-state index is 0.100. The Bertz CT molecular complexity index is 1180. The number of urea groups is 1. The van der Waals surface area contributed by atoms with Gasteiger partial charge in [-0.25, -0.2) is 9.18 Å². The number of thiophene rings is 1. The molecule has 1 N–H and O–H groups in total. The Kier molecular flexibility index (Phi) is 8.56. The lowest BCUT2D eigenvalue weighted by molar-refractivity contribution is -0.135. The topological polar surface area (TPSA) is 71.1 Å². The second-order valence-corrected chi connectivity index (χ2v) is 9.63. The molecular weight excluding hydrogens is 481 g/mol. The van der Waals surface area contributed by atoms with Crippen LogP contribution in [0, 0.1) is 12.7 Å². The Hall–Kier alpha value is -3.43. The maximum Gasteiger partial charge on any atom is 0.322 e. The summed E-state index contributed by atoms with van der Waals surface area (Å²) in [6.45, 7) is 3.14. The number of nitrogens with zero attached hydrogens (tertiary/aromatic N) is 2. The molecule has 0 aliphatic carbocycles. The minimum Gasteiger partial charge on any atom is -0.491 e. The van der Waals surface area contributed by atoms with Crippen LogP contribution < -0.4 is 10.1 Å². The van der Waals surface area contributed by atoms with Crippen LogP contribution in [0.5, 0.6) is 5.75 Å². The molecule has 2 aromatic carbocycles. The van der Waals surface area contributed by atoms with Gasteiger partial charge in [0.2, 0.25) is 5.91 Å². The maximum atomic E-state index is 13.6. The Morgan fingerprint density at radius 3 is 2.75 bits per heavy atom. The number of fused-ring (bicyclic) bond motifs is 1. The fourth-order valence-electron chi connectivity index (χ4n) is 4.15. The van der Waals surface area contributed by atoms with Crippen LogP contribution in [0.2, 0.25) is 0 Å². The summed E-state index contributed by atoms with van der Waals surface area (Å²) in [5.41, 5.74) is 2.77. The normalized spacial score (nSPS) is 14.8. The maximum absolute atomic E-state index is 13.6. The van der Waals surface area contributed by atoms with Gasteiger partial charge in [0.1, 0.15) is 24.7 Å². The fourth-order valence-corrected chi connectivity index (χ4v) is 5.08. The number of rotatable bonds is 9. The molecule has 1 aromatic heterocycles. The average molecular weight is 512 g/mol. The Balaban J connectivity index is 1.48. The summed E-state index contributed by atoms with van der Waals surface area (Å²) in [4.78, 5) is 31.0. The third-order valence-electron chi connectivity index (χ3n) is 6.10. The first-order valence-corrected chi connectivity index (χ1v) is 12.7. The predicted molar refractivity (Wildman–Crippen MR) is 138 cm³/mol. The number of aryl methyl sites for hydroxylation is 1. The molecule has 7 nitrogen and oxygen atoms in total. The lowest BCUT2D eigenvalue weighted by Gasteiger charge is -2.37. The number of methoxy groups -OCH3 is 1. The summed E-state index contributed by atoms with van der Waals surface area (Å²) in [7, 11) is 1.56. The number of ether oxygens (including phenoxy) is 2. The molecule has 0 saturated carbocycles. The monoisotopic (exact) mass is 511 g/mol. The number of hydrogen-bond acceptors (Lipinski definition) is 5. The SMILES string of the molecule is COCCN(CC(=O)N1CCc2sccc2C1COc1cccc(F)c1)C(=O)Nc1ccc(C)cc1. The number of carbonyl (C=O) groups is 2. The molecule has 1 unspecified atom stereocenters. The van der Waals surface area contributed by atoms with Crippen LogP contribution in [0.25, 0.3) is 0 Å². The highest BCUT2D eigenvalue weighted by molar-refractivity contribution is 7.10. The third-order valence-corrected chi connectivity index (χ3v) is 7.10. The summed E-state index contributed by atoms with van der Waals surface area (Å²) in [6, 6.07) is 14.7. The van der Waals surface area contributed by atoms with Crippen LogP contribution in [-0.2, 0) is 16.0 Å². The van der Waals surface area contributed by atoms with Gasteiger partial charge in [0.05, 0.1) is 12.6 Å². The van der Waals surface area contributed by atoms with Crippen LogP contribution in [0.4, 0.5) is 14.9 Å². The molecule has 190 valence electrons. The van der Waals surface area contributed by atoms with Crippen LogP contribution in [0.3, 0.4) is 0 Å². The number of anilines is 1. The molecule has 9 heteroatoms. The molecule has 4 rings (SSSR count). The van der Waals surface area contributed by atoms with Crippen molar-refractivity contribution in [1.82, 2.24) is 9.80 Å². The highest BCUT2D eigenvalue weighted by atomic mass is 32.1. The minimum atomic E-state index is -0.381. The van der Waals surface area contributed by atoms with E-state index in [1.807, 2.05) is 42.6 Å². The van der Waals surface area contributed by atoms with Crippen molar-refractivity contribution in [2.24, 2.45) is 0 Å². The molecule has 0 fully saturated rings. The summed E-state index contributed by atoms with van der Waals surface area (Å²) in [6.07, 6.45) is 0.739. The first kappa shape index (κ1) is 25.7. The number of carbonyl (C=O) groups excluding carboxylic acids is 2. The highest BCUT2D eigenvalue weighted by Crippen LogP contribution is 2.34. The molecule has 0 bridgehead atoms. The summed E-state index contributed by atoms with van der Waals surface area (Å²) in [5.74, 6) is -0.160. The molecule has 0 radical (unpaired) electrons. The average Bonchev–Trinajstić information content (AvgIpc) is 3.35. The Labute approximate surface area is 214 Å². The van der Waals surface area contributed by atoms with E-state index in [2.05, 4.69) is 5.32 Å². The quantitative estimate of drug-likeness (QED) is 0.445. The van der Waals surface area contributed by atoms with Crippen molar-refractivity contribution in [3.63, 3.8) is 0 Å². The molecule has 1 atom stereocenters. The van der Waals surface area contributed by atoms with Crippen molar-refractivity contribution < 1.29 is 23.5 Å². The fraction of sp³-hybridized carbons (Fsp3) is 0.333. The Morgan fingerprint density at radius 1 is 1.19 bits per heavy atom. The molecule has 3 amide bonds. The van der Waals surface area contributed by atoms with Gasteiger partial charge in [-0.15, -0.1) is 11.3 Å². The van der Waals surface area contributed by atoms with Gasteiger partial charge >= 0.3 is 6.03 Å². The molecule has 3 aromatic rings. The van der Waals surface area contributed by atoms with Gasteiger partial charge in [-0.1, -0.05) is 23.8 Å². The molecule has 1 aliphatic heterocycles. The largest absolute Gasteiger partial charge is 0.491 e.